The number of hydrogen-bond donors (Lipinski definition) is 1. The van der Waals surface area contributed by atoms with Gasteiger partial charge in [-0.1, -0.05) is 6.92 Å². The Kier molecular flexibility index (Phi) is 4.35. The first kappa shape index (κ1) is 11.5. The molecule has 0 amide bonds. The highest BCUT2D eigenvalue weighted by Crippen LogP contribution is 2.21. The Labute approximate surface area is 89.9 Å². The van der Waals surface area contributed by atoms with Gasteiger partial charge in [0.05, 0.1) is 0 Å². The third-order valence-electron chi connectivity index (χ3n) is 2.43. The number of hydrogen-bond acceptors (Lipinski definition) is 4. The summed E-state index contributed by atoms with van der Waals surface area (Å²) in [6.45, 7) is 4.12. The van der Waals surface area contributed by atoms with Crippen LogP contribution >= 0.6 is 12.4 Å². The summed E-state index contributed by atoms with van der Waals surface area (Å²) in [5.41, 5.74) is 0. The molecule has 5 heteroatoms. The van der Waals surface area contributed by atoms with E-state index in [2.05, 4.69) is 15.5 Å². The van der Waals surface area contributed by atoms with Crippen molar-refractivity contribution < 1.29 is 4.42 Å². The molecule has 1 aliphatic heterocycles. The van der Waals surface area contributed by atoms with Gasteiger partial charge < -0.3 is 9.73 Å². The second-order valence-electron chi connectivity index (χ2n) is 3.43. The maximum absolute atomic E-state index is 5.51. The molecule has 1 atom stereocenters. The van der Waals surface area contributed by atoms with E-state index in [4.69, 9.17) is 4.42 Å². The van der Waals surface area contributed by atoms with Gasteiger partial charge in [-0.3, -0.25) is 0 Å². The van der Waals surface area contributed by atoms with Gasteiger partial charge in [0.1, 0.15) is 0 Å². The number of nitrogens with zero attached hydrogens (tertiary/aromatic N) is 2. The normalized spacial score (nSPS) is 21.6. The van der Waals surface area contributed by atoms with Gasteiger partial charge in [-0.15, -0.1) is 22.6 Å². The smallest absolute Gasteiger partial charge is 0.220 e. The lowest BCUT2D eigenvalue weighted by atomic mass is 10.00. The number of halogens is 1. The minimum absolute atomic E-state index is 0. The molecular formula is C9H16ClN3O. The molecule has 0 bridgehead atoms. The van der Waals surface area contributed by atoms with E-state index in [1.807, 2.05) is 6.92 Å². The van der Waals surface area contributed by atoms with Gasteiger partial charge in [0.25, 0.3) is 0 Å². The van der Waals surface area contributed by atoms with Crippen molar-refractivity contribution in [2.24, 2.45) is 0 Å². The Balaban J connectivity index is 0.000000980. The summed E-state index contributed by atoms with van der Waals surface area (Å²) in [7, 11) is 0. The van der Waals surface area contributed by atoms with E-state index >= 15 is 0 Å². The van der Waals surface area contributed by atoms with Gasteiger partial charge in [0.2, 0.25) is 11.8 Å². The van der Waals surface area contributed by atoms with Gasteiger partial charge in [0.15, 0.2) is 0 Å². The van der Waals surface area contributed by atoms with Crippen molar-refractivity contribution in [3.63, 3.8) is 0 Å². The fraction of sp³-hybridized carbons (Fsp3) is 0.778. The molecule has 4 nitrogen and oxygen atoms in total. The topological polar surface area (TPSA) is 51.0 Å². The van der Waals surface area contributed by atoms with Crippen LogP contribution in [0.4, 0.5) is 0 Å². The largest absolute Gasteiger partial charge is 0.425 e. The van der Waals surface area contributed by atoms with Crippen molar-refractivity contribution in [2.45, 2.75) is 32.1 Å². The summed E-state index contributed by atoms with van der Waals surface area (Å²) in [5, 5.41) is 11.4. The van der Waals surface area contributed by atoms with Crippen molar-refractivity contribution in [1.29, 1.82) is 0 Å². The van der Waals surface area contributed by atoms with Crippen LogP contribution in [0.15, 0.2) is 4.42 Å². The second kappa shape index (κ2) is 5.32. The lowest BCUT2D eigenvalue weighted by molar-refractivity contribution is 0.364. The summed E-state index contributed by atoms with van der Waals surface area (Å²) < 4.78 is 5.51. The van der Waals surface area contributed by atoms with E-state index in [1.54, 1.807) is 0 Å². The zero-order valence-electron chi connectivity index (χ0n) is 8.32. The average molecular weight is 218 g/mol. The number of piperidine rings is 1. The SMILES string of the molecule is CCc1nnc(C2CCCNC2)o1.Cl. The van der Waals surface area contributed by atoms with E-state index in [1.165, 1.54) is 12.8 Å². The predicted molar refractivity (Wildman–Crippen MR) is 55.8 cm³/mol. The zero-order valence-corrected chi connectivity index (χ0v) is 9.14. The number of rotatable bonds is 2. The second-order valence-corrected chi connectivity index (χ2v) is 3.43. The fourth-order valence-electron chi connectivity index (χ4n) is 1.64. The van der Waals surface area contributed by atoms with Crippen LogP contribution < -0.4 is 5.32 Å². The van der Waals surface area contributed by atoms with Crippen LogP contribution in [0.3, 0.4) is 0 Å². The van der Waals surface area contributed by atoms with Crippen LogP contribution in [0.25, 0.3) is 0 Å². The fourth-order valence-corrected chi connectivity index (χ4v) is 1.64. The summed E-state index contributed by atoms with van der Waals surface area (Å²) >= 11 is 0. The van der Waals surface area contributed by atoms with Crippen LogP contribution in [0.5, 0.6) is 0 Å². The maximum atomic E-state index is 5.51. The minimum Gasteiger partial charge on any atom is -0.425 e. The first-order valence-corrected chi connectivity index (χ1v) is 4.93. The van der Waals surface area contributed by atoms with Gasteiger partial charge in [-0.2, -0.15) is 0 Å². The van der Waals surface area contributed by atoms with E-state index in [9.17, 15) is 0 Å². The van der Waals surface area contributed by atoms with Crippen LogP contribution in [-0.4, -0.2) is 23.3 Å². The lowest BCUT2D eigenvalue weighted by Crippen LogP contribution is -2.28. The molecule has 1 aromatic heterocycles. The average Bonchev–Trinajstić information content (AvgIpc) is 2.67. The Hall–Kier alpha value is -0.610. The molecule has 14 heavy (non-hydrogen) atoms. The van der Waals surface area contributed by atoms with Crippen LogP contribution in [0, 0.1) is 0 Å². The van der Waals surface area contributed by atoms with Crippen molar-refractivity contribution in [3.05, 3.63) is 11.8 Å². The van der Waals surface area contributed by atoms with Crippen molar-refractivity contribution in [3.8, 4) is 0 Å². The molecule has 0 saturated carbocycles. The summed E-state index contributed by atoms with van der Waals surface area (Å²) in [4.78, 5) is 0. The Bertz CT molecular complexity index is 271. The summed E-state index contributed by atoms with van der Waals surface area (Å²) in [5.74, 6) is 1.99. The van der Waals surface area contributed by atoms with E-state index in [0.717, 1.165) is 31.3 Å². The lowest BCUT2D eigenvalue weighted by Gasteiger charge is -2.18. The summed E-state index contributed by atoms with van der Waals surface area (Å²) in [6, 6.07) is 0. The molecule has 1 N–H and O–H groups in total. The van der Waals surface area contributed by atoms with Crippen LogP contribution in [-0.2, 0) is 6.42 Å². The molecule has 1 unspecified atom stereocenters. The quantitative estimate of drug-likeness (QED) is 0.816. The van der Waals surface area contributed by atoms with Crippen molar-refractivity contribution in [2.75, 3.05) is 13.1 Å². The third-order valence-corrected chi connectivity index (χ3v) is 2.43. The molecule has 0 spiro atoms. The zero-order chi connectivity index (χ0) is 9.10. The first-order chi connectivity index (χ1) is 6.40. The molecule has 2 heterocycles. The third kappa shape index (κ3) is 2.45. The summed E-state index contributed by atoms with van der Waals surface area (Å²) in [6.07, 6.45) is 3.19. The molecule has 1 fully saturated rings. The Morgan fingerprint density at radius 2 is 2.36 bits per heavy atom. The van der Waals surface area contributed by atoms with Gasteiger partial charge in [-0.25, -0.2) is 0 Å². The van der Waals surface area contributed by atoms with E-state index in [0.29, 0.717) is 5.92 Å². The Morgan fingerprint density at radius 3 is 2.93 bits per heavy atom. The minimum atomic E-state index is 0. The van der Waals surface area contributed by atoms with Crippen LogP contribution in [0.2, 0.25) is 0 Å². The highest BCUT2D eigenvalue weighted by Gasteiger charge is 2.20. The molecule has 80 valence electrons. The van der Waals surface area contributed by atoms with Gasteiger partial charge in [-0.05, 0) is 19.4 Å². The Morgan fingerprint density at radius 1 is 1.50 bits per heavy atom. The maximum Gasteiger partial charge on any atom is 0.220 e. The van der Waals surface area contributed by atoms with E-state index in [-0.39, 0.29) is 12.4 Å². The number of nitrogens with one attached hydrogen (secondary N) is 1. The first-order valence-electron chi connectivity index (χ1n) is 4.93. The highest BCUT2D eigenvalue weighted by molar-refractivity contribution is 5.85. The molecule has 1 aromatic rings. The van der Waals surface area contributed by atoms with E-state index < -0.39 is 0 Å². The van der Waals surface area contributed by atoms with Crippen molar-refractivity contribution in [1.82, 2.24) is 15.5 Å². The molecule has 0 radical (unpaired) electrons. The standard InChI is InChI=1S/C9H15N3O.ClH/c1-2-8-11-12-9(13-8)7-4-3-5-10-6-7;/h7,10H,2-6H2,1H3;1H. The molecule has 0 aromatic carbocycles. The molecule has 1 aliphatic rings. The highest BCUT2D eigenvalue weighted by atomic mass is 35.5. The number of aromatic nitrogens is 2. The molecule has 0 aliphatic carbocycles. The number of aryl methyl sites for hydroxylation is 1. The monoisotopic (exact) mass is 217 g/mol. The predicted octanol–water partition coefficient (Wildman–Crippen LogP) is 1.52. The van der Waals surface area contributed by atoms with Crippen LogP contribution in [0.1, 0.15) is 37.5 Å². The molecule has 1 saturated heterocycles. The van der Waals surface area contributed by atoms with Gasteiger partial charge >= 0.3 is 0 Å². The molecular weight excluding hydrogens is 202 g/mol. The molecule has 2 rings (SSSR count). The van der Waals surface area contributed by atoms with Gasteiger partial charge in [0, 0.05) is 18.9 Å². The van der Waals surface area contributed by atoms with Crippen molar-refractivity contribution >= 4 is 12.4 Å².